The van der Waals surface area contributed by atoms with Crippen LogP contribution < -0.4 is 119 Å². The Bertz CT molecular complexity index is 4150. The largest absolute Gasteiger partial charge is 1.00 e. The van der Waals surface area contributed by atoms with E-state index in [1.54, 1.807) is 34.7 Å². The number of methoxy groups -OCH3 is 1. The van der Waals surface area contributed by atoms with Crippen molar-refractivity contribution in [2.45, 2.75) is 67.1 Å². The fraction of sp³-hybridized carbons (Fsp3) is 0.213. The average molecular weight is 1240 g/mol. The second-order valence-corrected chi connectivity index (χ2v) is 19.1. The molecule has 0 saturated heterocycles. The number of hydrogen-bond acceptors (Lipinski definition) is 19. The molecule has 0 fully saturated rings. The van der Waals surface area contributed by atoms with Crippen molar-refractivity contribution in [1.29, 1.82) is 15.8 Å². The van der Waals surface area contributed by atoms with E-state index >= 15 is 0 Å². The topological polar surface area (TPSA) is 344 Å². The average Bonchev–Trinajstić information content (AvgIpc) is 4.37. The van der Waals surface area contributed by atoms with Crippen LogP contribution in [0.2, 0.25) is 0 Å². The van der Waals surface area contributed by atoms with Crippen molar-refractivity contribution in [2.24, 2.45) is 0 Å². The molecule has 10 rings (SSSR count). The Morgan fingerprint density at radius 1 is 0.724 bits per heavy atom. The van der Waals surface area contributed by atoms with Crippen LogP contribution in [0.3, 0.4) is 0 Å². The number of pyridine rings is 4. The molecule has 0 aliphatic heterocycles. The number of nitriles is 3. The number of carbonyl (C=O) groups excluding carboxylic acids is 4. The number of alkyl halides is 1. The molecule has 23 nitrogen and oxygen atoms in total. The van der Waals surface area contributed by atoms with Crippen molar-refractivity contribution in [3.05, 3.63) is 200 Å². The molecule has 4 N–H and O–H groups in total. The Hall–Kier alpha value is -7.50. The Balaban J connectivity index is 0.000000318. The number of hydrogen-bond donors (Lipinski definition) is 3. The molecule has 0 aliphatic carbocycles. The minimum absolute atomic E-state index is 0. The summed E-state index contributed by atoms with van der Waals surface area (Å²) in [5.74, 6) is -0.130. The first-order valence-corrected chi connectivity index (χ1v) is 26.4. The number of rotatable bonds is 14. The molecule has 1 amide bonds. The van der Waals surface area contributed by atoms with Gasteiger partial charge in [-0.3, -0.25) is 43.8 Å². The number of nitrogens with two attached hydrogens (primary N) is 1. The number of anilines is 1. The molecule has 87 heavy (non-hydrogen) atoms. The molecule has 0 saturated carbocycles. The van der Waals surface area contributed by atoms with Gasteiger partial charge in [0.1, 0.15) is 41.9 Å². The van der Waals surface area contributed by atoms with Crippen LogP contribution in [0.25, 0.3) is 32.7 Å². The summed E-state index contributed by atoms with van der Waals surface area (Å²) in [6, 6.07) is 31.8. The summed E-state index contributed by atoms with van der Waals surface area (Å²) in [6.07, 6.45) is 10.0. The zero-order valence-electron chi connectivity index (χ0n) is 50.4. The molecule has 0 radical (unpaired) electrons. The van der Waals surface area contributed by atoms with E-state index in [2.05, 4.69) is 79.5 Å². The number of esters is 1. The van der Waals surface area contributed by atoms with Crippen molar-refractivity contribution >= 4 is 74.3 Å². The molecule has 10 aromatic rings. The molecule has 26 heteroatoms. The first-order chi connectivity index (χ1) is 40.9. The van der Waals surface area contributed by atoms with Crippen LogP contribution in [0.15, 0.2) is 116 Å². The zero-order chi connectivity index (χ0) is 61.6. The molecule has 7 aromatic heterocycles. The summed E-state index contributed by atoms with van der Waals surface area (Å²) in [7, 11) is 1.42. The number of Topliss-reactive ketones (excluding diaryl/α,β-unsaturated/α-hetero) is 1. The number of nitrogens with zero attached hydrogens (tertiary/aromatic N) is 12. The standard InChI is InChI=1S/C24H23N7O.C18H16N4O2.C11H10ClN.C7H7N3O2.CH2O3.2K.H/c1-14-6-18-8-17(4-5-21(18)27-10-14)12-31-13-20(22(9-25)30-31)24(32)28-11-19-15(2)7-23(26)29-16(19)3;1-3-24-18(23)15-11-22(21-17(15)8-19)10-13-4-5-16-14(7-13)6-12(2)9-20-16;1-8-4-10-5-9(6-12)2-3-11(10)13-7-8;1-12-4-7(11)5-3-9-10-6(5)2-8;2-1-4-3;;;/h4-8,10,13H,11-12H2,1-3H3,(H2,26,29)(H,28,32);4-7,9,11H,3,10H2,1-2H3;2-5,7H,6H2,1H3;3H,4H2,1H3,(H,9,10);1,3H;;;/q;;;;;2*+1;-1/p-1. The molecule has 0 bridgehead atoms. The predicted octanol–water partition coefficient (Wildman–Crippen LogP) is 1.97. The number of fused-ring (bicyclic) bond motifs is 3. The van der Waals surface area contributed by atoms with Gasteiger partial charge < -0.3 is 32.1 Å². The number of nitrogens with one attached hydrogen (secondary N) is 2. The van der Waals surface area contributed by atoms with Crippen LogP contribution in [0, 0.1) is 68.6 Å². The van der Waals surface area contributed by atoms with Gasteiger partial charge in [0.15, 0.2) is 17.2 Å². The van der Waals surface area contributed by atoms with Crippen LogP contribution in [-0.4, -0.2) is 94.1 Å². The predicted molar refractivity (Wildman–Crippen MR) is 314 cm³/mol. The van der Waals surface area contributed by atoms with E-state index in [1.165, 1.54) is 18.9 Å². The van der Waals surface area contributed by atoms with E-state index < -0.39 is 5.97 Å². The van der Waals surface area contributed by atoms with Crippen molar-refractivity contribution in [3.63, 3.8) is 0 Å². The molecule has 0 atom stereocenters. The van der Waals surface area contributed by atoms with Crippen molar-refractivity contribution in [3.8, 4) is 18.2 Å². The van der Waals surface area contributed by atoms with E-state index in [1.807, 2.05) is 120 Å². The van der Waals surface area contributed by atoms with Crippen LogP contribution in [0.1, 0.15) is 107 Å². The minimum atomic E-state index is -0.529. The quantitative estimate of drug-likeness (QED) is 0.0266. The normalized spacial score (nSPS) is 10.0. The number of aromatic amines is 1. The molecule has 7 heterocycles. The fourth-order valence-electron chi connectivity index (χ4n) is 8.43. The maximum atomic E-state index is 12.8. The molecule has 434 valence electrons. The SMILES string of the molecule is CCOC(=O)c1cn(Cc2ccc3ncc(C)cc3c2)nc1C#N.COCC(=O)c1cn[nH]c1C#N.Cc1cnc2ccc(CCl)cc2c1.Cc1cnc2ccc(Cn3cc(C(=O)NCc4c(C)cc(N)nc4C)c(C#N)n3)cc2c1.O=CO[O-].[H-].[K+].[K+]. The number of aromatic nitrogens is 10. The first-order valence-electron chi connectivity index (χ1n) is 25.9. The number of amides is 1. The molecular formula is C61H58ClK2N15O8. The van der Waals surface area contributed by atoms with E-state index in [-0.39, 0.29) is 176 Å². The molecule has 0 aliphatic rings. The fourth-order valence-corrected chi connectivity index (χ4v) is 8.60. The third-order valence-electron chi connectivity index (χ3n) is 12.3. The zero-order valence-corrected chi connectivity index (χ0v) is 56.4. The van der Waals surface area contributed by atoms with Crippen LogP contribution in [0.5, 0.6) is 0 Å². The van der Waals surface area contributed by atoms with Gasteiger partial charge >= 0.3 is 109 Å². The van der Waals surface area contributed by atoms with Crippen molar-refractivity contribution < 1.29 is 143 Å². The van der Waals surface area contributed by atoms with E-state index in [0.29, 0.717) is 24.8 Å². The summed E-state index contributed by atoms with van der Waals surface area (Å²) in [5.41, 5.74) is 18.8. The Labute approximate surface area is 592 Å². The first kappa shape index (κ1) is 72.0. The van der Waals surface area contributed by atoms with E-state index in [9.17, 15) is 19.6 Å². The smallest absolute Gasteiger partial charge is 1.00 e. The van der Waals surface area contributed by atoms with Gasteiger partial charge in [-0.15, -0.1) is 11.6 Å². The Morgan fingerprint density at radius 2 is 1.21 bits per heavy atom. The van der Waals surface area contributed by atoms with E-state index in [4.69, 9.17) is 42.6 Å². The van der Waals surface area contributed by atoms with Gasteiger partial charge in [-0.25, -0.2) is 9.78 Å². The second kappa shape index (κ2) is 36.0. The minimum Gasteiger partial charge on any atom is -1.00 e. The third-order valence-corrected chi connectivity index (χ3v) is 12.6. The number of ether oxygens (including phenoxy) is 2. The van der Waals surface area contributed by atoms with E-state index in [0.717, 1.165) is 77.3 Å². The van der Waals surface area contributed by atoms with Gasteiger partial charge in [0.2, 0.25) is 0 Å². The Kier molecular flexibility index (Phi) is 29.8. The van der Waals surface area contributed by atoms with Crippen molar-refractivity contribution in [2.75, 3.05) is 26.1 Å². The van der Waals surface area contributed by atoms with Crippen molar-refractivity contribution in [1.82, 2.24) is 55.0 Å². The number of benzene rings is 3. The summed E-state index contributed by atoms with van der Waals surface area (Å²) in [5, 5.41) is 56.1. The van der Waals surface area contributed by atoms with Gasteiger partial charge in [-0.05, 0) is 147 Å². The monoisotopic (exact) mass is 1240 g/mol. The van der Waals surface area contributed by atoms with Gasteiger partial charge in [0.05, 0.1) is 53.6 Å². The number of aryl methyl sites for hydroxylation is 5. The summed E-state index contributed by atoms with van der Waals surface area (Å²) in [6.45, 7) is 12.8. The van der Waals surface area contributed by atoms with Gasteiger partial charge in [0, 0.05) is 72.4 Å². The molecule has 0 unspecified atom stereocenters. The van der Waals surface area contributed by atoms with Crippen LogP contribution >= 0.6 is 11.6 Å². The molecular weight excluding hydrogens is 1180 g/mol. The number of ketones is 1. The maximum Gasteiger partial charge on any atom is 1.00 e. The summed E-state index contributed by atoms with van der Waals surface area (Å²) >= 11 is 5.75. The summed E-state index contributed by atoms with van der Waals surface area (Å²) in [4.78, 5) is 64.4. The second-order valence-electron chi connectivity index (χ2n) is 18.8. The van der Waals surface area contributed by atoms with Crippen LogP contribution in [0.4, 0.5) is 5.82 Å². The van der Waals surface area contributed by atoms with Gasteiger partial charge in [-0.2, -0.15) is 31.1 Å². The number of nitrogen functional groups attached to an aromatic ring is 1. The molecule has 0 spiro atoms. The van der Waals surface area contributed by atoms with Crippen LogP contribution in [-0.2, 0) is 44.7 Å². The van der Waals surface area contributed by atoms with Gasteiger partial charge in [-0.1, -0.05) is 18.2 Å². The molecule has 3 aromatic carbocycles. The maximum absolute atomic E-state index is 12.8. The number of carbonyl (C=O) groups is 4. The number of halogens is 1. The Morgan fingerprint density at radius 3 is 1.66 bits per heavy atom. The number of H-pyrrole nitrogens is 1. The summed E-state index contributed by atoms with van der Waals surface area (Å²) < 4.78 is 12.8. The van der Waals surface area contributed by atoms with Gasteiger partial charge in [0.25, 0.3) is 12.4 Å². The third kappa shape index (κ3) is 20.8.